The first-order valence-corrected chi connectivity index (χ1v) is 8.02. The largest absolute Gasteiger partial charge is 0.467 e. The van der Waals surface area contributed by atoms with Crippen LogP contribution in [0, 0.1) is 0 Å². The number of carbonyl (C=O) groups is 1. The van der Waals surface area contributed by atoms with Crippen molar-refractivity contribution in [2.45, 2.75) is 38.9 Å². The first kappa shape index (κ1) is 16.1. The van der Waals surface area contributed by atoms with E-state index in [4.69, 9.17) is 16.0 Å². The van der Waals surface area contributed by atoms with Crippen LogP contribution < -0.4 is 10.6 Å². The fourth-order valence-corrected chi connectivity index (χ4v) is 3.11. The van der Waals surface area contributed by atoms with E-state index < -0.39 is 0 Å². The zero-order valence-electron chi connectivity index (χ0n) is 12.2. The molecule has 0 saturated heterocycles. The first-order valence-electron chi connectivity index (χ1n) is 6.82. The Morgan fingerprint density at radius 1 is 1.29 bits per heavy atom. The smallest absolute Gasteiger partial charge is 0.237 e. The zero-order chi connectivity index (χ0) is 15.4. The molecule has 0 aliphatic carbocycles. The summed E-state index contributed by atoms with van der Waals surface area (Å²) in [7, 11) is 0. The lowest BCUT2D eigenvalue weighted by Crippen LogP contribution is -2.45. The molecule has 21 heavy (non-hydrogen) atoms. The molecule has 2 N–H and O–H groups in total. The Balaban J connectivity index is 2.15. The average molecular weight is 327 g/mol. The molecule has 114 valence electrons. The van der Waals surface area contributed by atoms with Crippen molar-refractivity contribution in [3.8, 4) is 0 Å². The fraction of sp³-hybridized carbons (Fsp3) is 0.400. The summed E-state index contributed by atoms with van der Waals surface area (Å²) in [6.45, 7) is 5.71. The standard InChI is InChI=1S/C15H19ClN2O2S/c1-9(2)17-15(19)10(3)18-14(11-5-4-8-20-11)12-6-7-13(16)21-12/h4-10,14,18H,1-3H3,(H,17,19). The number of thiophene rings is 1. The summed E-state index contributed by atoms with van der Waals surface area (Å²) in [5, 5.41) is 6.20. The lowest BCUT2D eigenvalue weighted by Gasteiger charge is -2.21. The van der Waals surface area contributed by atoms with Crippen LogP contribution >= 0.6 is 22.9 Å². The van der Waals surface area contributed by atoms with E-state index in [2.05, 4.69) is 10.6 Å². The van der Waals surface area contributed by atoms with Crippen LogP contribution in [0.25, 0.3) is 0 Å². The van der Waals surface area contributed by atoms with Crippen LogP contribution in [-0.4, -0.2) is 18.0 Å². The average Bonchev–Trinajstić information content (AvgIpc) is 3.06. The molecule has 0 bridgehead atoms. The summed E-state index contributed by atoms with van der Waals surface area (Å²) in [6.07, 6.45) is 1.62. The lowest BCUT2D eigenvalue weighted by atomic mass is 10.1. The highest BCUT2D eigenvalue weighted by molar-refractivity contribution is 7.16. The Morgan fingerprint density at radius 3 is 2.57 bits per heavy atom. The Kier molecular flexibility index (Phi) is 5.45. The molecule has 0 aromatic carbocycles. The first-order chi connectivity index (χ1) is 9.97. The number of hydrogen-bond donors (Lipinski definition) is 2. The molecule has 0 fully saturated rings. The van der Waals surface area contributed by atoms with Crippen LogP contribution in [0.15, 0.2) is 34.9 Å². The van der Waals surface area contributed by atoms with Gasteiger partial charge in [-0.25, -0.2) is 0 Å². The minimum atomic E-state index is -0.344. The molecule has 0 aliphatic heterocycles. The van der Waals surface area contributed by atoms with Gasteiger partial charge < -0.3 is 9.73 Å². The second-order valence-corrected chi connectivity index (χ2v) is 6.89. The van der Waals surface area contributed by atoms with E-state index in [-0.39, 0.29) is 24.0 Å². The third-order valence-corrected chi connectivity index (χ3v) is 4.24. The van der Waals surface area contributed by atoms with Gasteiger partial charge in [0.25, 0.3) is 0 Å². The molecule has 0 aliphatic rings. The van der Waals surface area contributed by atoms with Gasteiger partial charge in [-0.1, -0.05) is 11.6 Å². The number of carbonyl (C=O) groups excluding carboxylic acids is 1. The second kappa shape index (κ2) is 7.11. The number of halogens is 1. The Hall–Kier alpha value is -1.30. The van der Waals surface area contributed by atoms with Gasteiger partial charge in [-0.15, -0.1) is 11.3 Å². The quantitative estimate of drug-likeness (QED) is 0.853. The fourth-order valence-electron chi connectivity index (χ4n) is 1.98. The van der Waals surface area contributed by atoms with Gasteiger partial charge in [-0.3, -0.25) is 10.1 Å². The Bertz CT molecular complexity index is 580. The van der Waals surface area contributed by atoms with Crippen LogP contribution in [0.4, 0.5) is 0 Å². The van der Waals surface area contributed by atoms with Crippen molar-refractivity contribution in [3.05, 3.63) is 45.5 Å². The van der Waals surface area contributed by atoms with E-state index in [9.17, 15) is 4.79 Å². The van der Waals surface area contributed by atoms with Crippen molar-refractivity contribution >= 4 is 28.8 Å². The maximum atomic E-state index is 12.1. The van der Waals surface area contributed by atoms with Crippen LogP contribution in [0.3, 0.4) is 0 Å². The predicted molar refractivity (Wildman–Crippen MR) is 85.8 cm³/mol. The molecule has 0 radical (unpaired) electrons. The number of rotatable bonds is 6. The van der Waals surface area contributed by atoms with Crippen LogP contribution in [0.1, 0.15) is 37.5 Å². The maximum Gasteiger partial charge on any atom is 0.237 e. The molecule has 4 nitrogen and oxygen atoms in total. The van der Waals surface area contributed by atoms with E-state index in [0.29, 0.717) is 4.34 Å². The molecule has 2 heterocycles. The van der Waals surface area contributed by atoms with Gasteiger partial charge in [0.2, 0.25) is 5.91 Å². The minimum Gasteiger partial charge on any atom is -0.467 e. The van der Waals surface area contributed by atoms with Gasteiger partial charge in [-0.2, -0.15) is 0 Å². The van der Waals surface area contributed by atoms with Crippen molar-refractivity contribution in [2.75, 3.05) is 0 Å². The van der Waals surface area contributed by atoms with Crippen LogP contribution in [0.2, 0.25) is 4.34 Å². The summed E-state index contributed by atoms with van der Waals surface area (Å²) in [4.78, 5) is 13.1. The van der Waals surface area contributed by atoms with E-state index in [0.717, 1.165) is 10.6 Å². The third kappa shape index (κ3) is 4.33. The minimum absolute atomic E-state index is 0.0378. The summed E-state index contributed by atoms with van der Waals surface area (Å²) >= 11 is 7.49. The second-order valence-electron chi connectivity index (χ2n) is 5.14. The molecule has 2 atom stereocenters. The topological polar surface area (TPSA) is 54.3 Å². The highest BCUT2D eigenvalue weighted by Crippen LogP contribution is 2.31. The molecule has 2 rings (SSSR count). The summed E-state index contributed by atoms with van der Waals surface area (Å²) in [5.74, 6) is 0.724. The van der Waals surface area contributed by atoms with Crippen molar-refractivity contribution in [1.82, 2.24) is 10.6 Å². The number of amides is 1. The summed E-state index contributed by atoms with van der Waals surface area (Å²) in [6, 6.07) is 7.09. The van der Waals surface area contributed by atoms with Crippen molar-refractivity contribution < 1.29 is 9.21 Å². The van der Waals surface area contributed by atoms with E-state index in [1.807, 2.05) is 45.0 Å². The molecule has 2 unspecified atom stereocenters. The van der Waals surface area contributed by atoms with E-state index in [1.165, 1.54) is 11.3 Å². The van der Waals surface area contributed by atoms with Gasteiger partial charge in [0, 0.05) is 10.9 Å². The molecule has 2 aromatic rings. The lowest BCUT2D eigenvalue weighted by molar-refractivity contribution is -0.123. The Labute approximate surface area is 133 Å². The molecule has 0 saturated carbocycles. The normalized spacial score (nSPS) is 14.1. The molecule has 1 amide bonds. The molecular weight excluding hydrogens is 308 g/mol. The number of furan rings is 1. The van der Waals surface area contributed by atoms with Gasteiger partial charge in [-0.05, 0) is 45.0 Å². The van der Waals surface area contributed by atoms with Crippen molar-refractivity contribution in [2.24, 2.45) is 0 Å². The van der Waals surface area contributed by atoms with Gasteiger partial charge in [0.05, 0.1) is 16.6 Å². The molecular formula is C15H19ClN2O2S. The van der Waals surface area contributed by atoms with Gasteiger partial charge in [0.15, 0.2) is 0 Å². The van der Waals surface area contributed by atoms with Crippen LogP contribution in [0.5, 0.6) is 0 Å². The maximum absolute atomic E-state index is 12.1. The number of nitrogens with one attached hydrogen (secondary N) is 2. The zero-order valence-corrected chi connectivity index (χ0v) is 13.8. The Morgan fingerprint density at radius 2 is 2.05 bits per heavy atom. The van der Waals surface area contributed by atoms with E-state index in [1.54, 1.807) is 6.26 Å². The van der Waals surface area contributed by atoms with Gasteiger partial charge in [0.1, 0.15) is 11.8 Å². The van der Waals surface area contributed by atoms with Crippen molar-refractivity contribution in [3.63, 3.8) is 0 Å². The number of hydrogen-bond acceptors (Lipinski definition) is 4. The summed E-state index contributed by atoms with van der Waals surface area (Å²) < 4.78 is 6.20. The SMILES string of the molecule is CC(C)NC(=O)C(C)NC(c1ccco1)c1ccc(Cl)s1. The highest BCUT2D eigenvalue weighted by Gasteiger charge is 2.24. The highest BCUT2D eigenvalue weighted by atomic mass is 35.5. The molecule has 2 aromatic heterocycles. The van der Waals surface area contributed by atoms with Crippen molar-refractivity contribution in [1.29, 1.82) is 0 Å². The summed E-state index contributed by atoms with van der Waals surface area (Å²) in [5.41, 5.74) is 0. The predicted octanol–water partition coefficient (Wildman–Crippen LogP) is 3.59. The van der Waals surface area contributed by atoms with Gasteiger partial charge >= 0.3 is 0 Å². The van der Waals surface area contributed by atoms with E-state index >= 15 is 0 Å². The monoisotopic (exact) mass is 326 g/mol. The molecule has 6 heteroatoms. The van der Waals surface area contributed by atoms with Crippen LogP contribution in [-0.2, 0) is 4.79 Å². The molecule has 0 spiro atoms. The third-order valence-electron chi connectivity index (χ3n) is 2.95.